The van der Waals surface area contributed by atoms with E-state index in [4.69, 9.17) is 9.72 Å². The minimum atomic E-state index is -2.74. The third-order valence-electron chi connectivity index (χ3n) is 10.8. The molecular weight excluding hydrogens is 680 g/mol. The molecule has 11 nitrogen and oxygen atoms in total. The van der Waals surface area contributed by atoms with Crippen LogP contribution in [0.4, 0.5) is 19.4 Å². The highest BCUT2D eigenvalue weighted by molar-refractivity contribution is 6.05. The Labute approximate surface area is 308 Å². The van der Waals surface area contributed by atoms with Crippen molar-refractivity contribution >= 4 is 29.3 Å². The van der Waals surface area contributed by atoms with Crippen LogP contribution < -0.4 is 15.4 Å². The van der Waals surface area contributed by atoms with E-state index in [1.807, 2.05) is 24.4 Å². The van der Waals surface area contributed by atoms with Crippen molar-refractivity contribution < 1.29 is 27.9 Å². The fourth-order valence-electron chi connectivity index (χ4n) is 7.90. The number of carbonyl (C=O) groups is 3. The van der Waals surface area contributed by atoms with Crippen molar-refractivity contribution in [3.63, 3.8) is 0 Å². The first-order chi connectivity index (χ1) is 25.6. The third-order valence-corrected chi connectivity index (χ3v) is 10.8. The van der Waals surface area contributed by atoms with Gasteiger partial charge in [-0.15, -0.1) is 0 Å². The molecule has 0 spiro atoms. The van der Waals surface area contributed by atoms with Crippen molar-refractivity contribution in [2.45, 2.75) is 89.7 Å². The standard InChI is InChI=1S/C40H47F2N7O4/c1-25(2)53-34-20-36-44-33(24-49(36)23-31(34)39(51)45-35-5-3-4-32(43-35)38(41)42)30-12-8-26(9-13-30)21-47-17-14-29(15-18-47)28-10-6-27(7-11-28)22-48-19-16-37(50)46-40(48)52/h3-7,10-11,20,23-26,29-30,38H,8-9,12-19,21-22H2,1-2H3,(H,43,45,51)(H,46,50,52)/t26-,30-. The van der Waals surface area contributed by atoms with Gasteiger partial charge in [0.25, 0.3) is 12.3 Å². The first kappa shape index (κ1) is 36.4. The Balaban J connectivity index is 0.911. The average Bonchev–Trinajstić information content (AvgIpc) is 3.56. The maximum Gasteiger partial charge on any atom is 0.324 e. The topological polar surface area (TPSA) is 121 Å². The Hall–Kier alpha value is -4.91. The molecule has 0 unspecified atom stereocenters. The molecule has 1 saturated carbocycles. The summed E-state index contributed by atoms with van der Waals surface area (Å²) in [5.74, 6) is 1.23. The number of likely N-dealkylation sites (tertiary alicyclic amines) is 1. The summed E-state index contributed by atoms with van der Waals surface area (Å²) in [5.41, 5.74) is 3.99. The van der Waals surface area contributed by atoms with Crippen LogP contribution in [-0.2, 0) is 11.3 Å². The van der Waals surface area contributed by atoms with Crippen LogP contribution in [0.25, 0.3) is 5.65 Å². The molecular formula is C40H47F2N7O4. The SMILES string of the molecule is CC(C)Oc1cc2nc([C@H]3CC[C@H](CN4CCC(c5ccc(CN6CCC(=O)NC6=O)cc5)CC4)CC3)cn2cc1C(=O)Nc1cccc(C(F)F)n1. The van der Waals surface area contributed by atoms with E-state index in [2.05, 4.69) is 44.8 Å². The molecule has 53 heavy (non-hydrogen) atoms. The second kappa shape index (κ2) is 16.0. The zero-order chi connectivity index (χ0) is 37.1. The highest BCUT2D eigenvalue weighted by Gasteiger charge is 2.29. The molecule has 3 aliphatic rings. The molecule has 0 atom stereocenters. The summed E-state index contributed by atoms with van der Waals surface area (Å²) in [7, 11) is 0. The van der Waals surface area contributed by atoms with Gasteiger partial charge >= 0.3 is 6.03 Å². The number of carbonyl (C=O) groups excluding carboxylic acids is 3. The van der Waals surface area contributed by atoms with Crippen LogP contribution in [0.2, 0.25) is 0 Å². The van der Waals surface area contributed by atoms with Crippen LogP contribution >= 0.6 is 0 Å². The van der Waals surface area contributed by atoms with Gasteiger partial charge in [-0.1, -0.05) is 30.3 Å². The number of nitrogens with one attached hydrogen (secondary N) is 2. The molecule has 280 valence electrons. The monoisotopic (exact) mass is 727 g/mol. The number of ether oxygens (including phenoxy) is 1. The highest BCUT2D eigenvalue weighted by atomic mass is 19.3. The van der Waals surface area contributed by atoms with E-state index in [9.17, 15) is 23.2 Å². The zero-order valence-corrected chi connectivity index (χ0v) is 30.3. The molecule has 7 rings (SSSR count). The summed E-state index contributed by atoms with van der Waals surface area (Å²) >= 11 is 0. The molecule has 2 aliphatic heterocycles. The maximum atomic E-state index is 13.4. The van der Waals surface area contributed by atoms with Crippen LogP contribution in [0.5, 0.6) is 5.75 Å². The molecule has 3 aromatic heterocycles. The van der Waals surface area contributed by atoms with E-state index in [1.54, 1.807) is 17.2 Å². The molecule has 4 aromatic rings. The van der Waals surface area contributed by atoms with Gasteiger partial charge in [0, 0.05) is 50.4 Å². The van der Waals surface area contributed by atoms with E-state index in [-0.39, 0.29) is 29.4 Å². The van der Waals surface area contributed by atoms with Crippen LogP contribution in [0.15, 0.2) is 60.9 Å². The van der Waals surface area contributed by atoms with Crippen molar-refractivity contribution in [1.82, 2.24) is 29.5 Å². The lowest BCUT2D eigenvalue weighted by Gasteiger charge is -2.36. The number of halogens is 2. The Morgan fingerprint density at radius 3 is 2.40 bits per heavy atom. The van der Waals surface area contributed by atoms with Gasteiger partial charge < -0.3 is 24.3 Å². The molecule has 13 heteroatoms. The fourth-order valence-corrected chi connectivity index (χ4v) is 7.90. The summed E-state index contributed by atoms with van der Waals surface area (Å²) < 4.78 is 34.2. The first-order valence-electron chi connectivity index (χ1n) is 18.7. The summed E-state index contributed by atoms with van der Waals surface area (Å²) in [6.07, 6.45) is 7.77. The molecule has 1 aromatic carbocycles. The molecule has 2 N–H and O–H groups in total. The number of alkyl halides is 2. The van der Waals surface area contributed by atoms with Gasteiger partial charge in [-0.25, -0.2) is 23.5 Å². The summed E-state index contributed by atoms with van der Waals surface area (Å²) in [6, 6.07) is 14.2. The molecule has 4 amide bonds. The van der Waals surface area contributed by atoms with Crippen LogP contribution in [0.1, 0.15) is 110 Å². The first-order valence-corrected chi connectivity index (χ1v) is 18.7. The number of rotatable bonds is 11. The predicted octanol–water partition coefficient (Wildman–Crippen LogP) is 7.30. The summed E-state index contributed by atoms with van der Waals surface area (Å²) in [5, 5.41) is 5.04. The van der Waals surface area contributed by atoms with E-state index in [0.29, 0.717) is 48.7 Å². The molecule has 5 heterocycles. The molecule has 0 bridgehead atoms. The second-order valence-electron chi connectivity index (χ2n) is 14.9. The minimum absolute atomic E-state index is 0.0459. The number of hydrogen-bond acceptors (Lipinski definition) is 7. The zero-order valence-electron chi connectivity index (χ0n) is 30.3. The van der Waals surface area contributed by atoms with Gasteiger partial charge in [0.2, 0.25) is 5.91 Å². The van der Waals surface area contributed by atoms with Crippen LogP contribution in [-0.4, -0.2) is 74.3 Å². The largest absolute Gasteiger partial charge is 0.490 e. The van der Waals surface area contributed by atoms with Crippen molar-refractivity contribution in [3.8, 4) is 5.75 Å². The Bertz CT molecular complexity index is 1930. The number of hydrogen-bond donors (Lipinski definition) is 2. The quantitative estimate of drug-likeness (QED) is 0.166. The lowest BCUT2D eigenvalue weighted by molar-refractivity contribution is -0.121. The smallest absolute Gasteiger partial charge is 0.324 e. The minimum Gasteiger partial charge on any atom is -0.490 e. The van der Waals surface area contributed by atoms with E-state index < -0.39 is 18.0 Å². The number of anilines is 1. The highest BCUT2D eigenvalue weighted by Crippen LogP contribution is 2.37. The summed E-state index contributed by atoms with van der Waals surface area (Å²) in [4.78, 5) is 50.0. The van der Waals surface area contributed by atoms with Gasteiger partial charge in [-0.3, -0.25) is 14.9 Å². The van der Waals surface area contributed by atoms with Crippen molar-refractivity contribution in [2.24, 2.45) is 5.92 Å². The number of fused-ring (bicyclic) bond motifs is 1. The van der Waals surface area contributed by atoms with Gasteiger partial charge in [-0.05, 0) is 101 Å². The maximum absolute atomic E-state index is 13.4. The molecule has 1 aliphatic carbocycles. The van der Waals surface area contributed by atoms with Crippen LogP contribution in [0.3, 0.4) is 0 Å². The fraction of sp³-hybridized carbons (Fsp3) is 0.475. The molecule has 3 fully saturated rings. The summed E-state index contributed by atoms with van der Waals surface area (Å²) in [6.45, 7) is 8.01. The number of amides is 4. The second-order valence-corrected chi connectivity index (χ2v) is 14.9. The number of imidazole rings is 1. The Morgan fingerprint density at radius 2 is 1.70 bits per heavy atom. The van der Waals surface area contributed by atoms with Gasteiger partial charge in [0.1, 0.15) is 22.9 Å². The average molecular weight is 728 g/mol. The molecule has 0 radical (unpaired) electrons. The van der Waals surface area contributed by atoms with Crippen molar-refractivity contribution in [1.29, 1.82) is 0 Å². The van der Waals surface area contributed by atoms with E-state index in [0.717, 1.165) is 69.4 Å². The number of aromatic nitrogens is 3. The van der Waals surface area contributed by atoms with Crippen molar-refractivity contribution in [3.05, 3.63) is 89.0 Å². The normalized spacial score (nSPS) is 20.3. The Kier molecular flexibility index (Phi) is 11.0. The van der Waals surface area contributed by atoms with Gasteiger partial charge in [0.05, 0.1) is 17.4 Å². The molecule has 2 saturated heterocycles. The number of nitrogens with zero attached hydrogens (tertiary/aromatic N) is 5. The Morgan fingerprint density at radius 1 is 0.943 bits per heavy atom. The van der Waals surface area contributed by atoms with Gasteiger partial charge in [-0.2, -0.15) is 0 Å². The lowest BCUT2D eigenvalue weighted by atomic mass is 9.80. The number of piperidine rings is 1. The number of pyridine rings is 2. The predicted molar refractivity (Wildman–Crippen MR) is 196 cm³/mol. The van der Waals surface area contributed by atoms with Gasteiger partial charge in [0.15, 0.2) is 0 Å². The number of benzene rings is 1. The lowest BCUT2D eigenvalue weighted by Crippen LogP contribution is -2.48. The number of urea groups is 1. The van der Waals surface area contributed by atoms with Crippen molar-refractivity contribution in [2.75, 3.05) is 31.5 Å². The third kappa shape index (κ3) is 8.84. The van der Waals surface area contributed by atoms with E-state index >= 15 is 0 Å². The number of imide groups is 1. The van der Waals surface area contributed by atoms with E-state index in [1.165, 1.54) is 23.8 Å². The van der Waals surface area contributed by atoms with Crippen LogP contribution in [0, 0.1) is 5.92 Å².